The van der Waals surface area contributed by atoms with Crippen molar-refractivity contribution in [1.29, 1.82) is 0 Å². The van der Waals surface area contributed by atoms with E-state index in [1.54, 1.807) is 0 Å². The Kier molecular flexibility index (Phi) is 4.30. The lowest BCUT2D eigenvalue weighted by Crippen LogP contribution is -2.27. The molecule has 1 aromatic carbocycles. The minimum Gasteiger partial charge on any atom is -0.311 e. The van der Waals surface area contributed by atoms with Gasteiger partial charge in [-0.1, -0.05) is 37.6 Å². The van der Waals surface area contributed by atoms with Crippen molar-refractivity contribution in [2.24, 2.45) is 0 Å². The molecule has 2 aromatic rings. The number of aromatic nitrogens is 2. The topological polar surface area (TPSA) is 37.8 Å². The minimum atomic E-state index is 0.830. The zero-order valence-electron chi connectivity index (χ0n) is 12.9. The van der Waals surface area contributed by atoms with E-state index in [1.165, 1.54) is 28.1 Å². The first-order valence-electron chi connectivity index (χ1n) is 7.90. The van der Waals surface area contributed by atoms with Crippen molar-refractivity contribution in [3.8, 4) is 0 Å². The summed E-state index contributed by atoms with van der Waals surface area (Å²) >= 11 is 0. The maximum Gasteiger partial charge on any atom is 0.133 e. The van der Waals surface area contributed by atoms with Crippen LogP contribution >= 0.6 is 0 Å². The summed E-state index contributed by atoms with van der Waals surface area (Å²) < 4.78 is 0. The van der Waals surface area contributed by atoms with Gasteiger partial charge in [0.05, 0.1) is 5.69 Å². The molecule has 0 amide bonds. The number of nitrogens with zero attached hydrogens (tertiary/aromatic N) is 2. The first-order chi connectivity index (χ1) is 10.3. The molecule has 1 aliphatic rings. The van der Waals surface area contributed by atoms with Gasteiger partial charge in [-0.25, -0.2) is 9.97 Å². The van der Waals surface area contributed by atoms with Crippen LogP contribution in [-0.4, -0.2) is 16.5 Å². The van der Waals surface area contributed by atoms with Gasteiger partial charge in [-0.05, 0) is 43.0 Å². The van der Waals surface area contributed by atoms with E-state index in [1.807, 2.05) is 0 Å². The molecule has 0 spiro atoms. The molecule has 3 nitrogen and oxygen atoms in total. The molecular formula is C18H23N3. The fraction of sp³-hybridized carbons (Fsp3) is 0.444. The molecule has 0 saturated carbocycles. The first-order valence-corrected chi connectivity index (χ1v) is 7.90. The Morgan fingerprint density at radius 2 is 2.05 bits per heavy atom. The molecule has 3 rings (SSSR count). The number of rotatable bonds is 4. The van der Waals surface area contributed by atoms with E-state index >= 15 is 0 Å². The van der Waals surface area contributed by atoms with Crippen molar-refractivity contribution in [2.45, 2.75) is 46.1 Å². The van der Waals surface area contributed by atoms with Gasteiger partial charge in [-0.2, -0.15) is 0 Å². The fourth-order valence-electron chi connectivity index (χ4n) is 2.99. The van der Waals surface area contributed by atoms with Gasteiger partial charge in [-0.15, -0.1) is 0 Å². The predicted molar refractivity (Wildman–Crippen MR) is 85.4 cm³/mol. The Morgan fingerprint density at radius 1 is 1.19 bits per heavy atom. The molecule has 0 bridgehead atoms. The SMILES string of the molecule is CCCc1nc(Cc2ccccc2C)nc2c1CCNC2. The summed E-state index contributed by atoms with van der Waals surface area (Å²) in [6.45, 7) is 6.30. The van der Waals surface area contributed by atoms with Gasteiger partial charge in [0, 0.05) is 18.7 Å². The van der Waals surface area contributed by atoms with Crippen LogP contribution in [0.2, 0.25) is 0 Å². The number of hydrogen-bond donors (Lipinski definition) is 1. The summed E-state index contributed by atoms with van der Waals surface area (Å²) in [4.78, 5) is 9.69. The normalized spacial score (nSPS) is 14.0. The minimum absolute atomic E-state index is 0.830. The Balaban J connectivity index is 1.95. The lowest BCUT2D eigenvalue weighted by molar-refractivity contribution is 0.607. The van der Waals surface area contributed by atoms with Crippen molar-refractivity contribution in [3.05, 3.63) is 58.2 Å². The van der Waals surface area contributed by atoms with Crippen molar-refractivity contribution in [3.63, 3.8) is 0 Å². The van der Waals surface area contributed by atoms with E-state index in [0.29, 0.717) is 0 Å². The molecule has 0 unspecified atom stereocenters. The second kappa shape index (κ2) is 6.35. The highest BCUT2D eigenvalue weighted by molar-refractivity contribution is 5.32. The molecular weight excluding hydrogens is 258 g/mol. The highest BCUT2D eigenvalue weighted by Crippen LogP contribution is 2.19. The Morgan fingerprint density at radius 3 is 2.86 bits per heavy atom. The smallest absolute Gasteiger partial charge is 0.133 e. The van der Waals surface area contributed by atoms with Crippen LogP contribution in [0.3, 0.4) is 0 Å². The van der Waals surface area contributed by atoms with Crippen LogP contribution in [-0.2, 0) is 25.8 Å². The molecule has 0 aliphatic carbocycles. The quantitative estimate of drug-likeness (QED) is 0.936. The molecule has 110 valence electrons. The van der Waals surface area contributed by atoms with E-state index in [4.69, 9.17) is 9.97 Å². The summed E-state index contributed by atoms with van der Waals surface area (Å²) in [5.74, 6) is 0.968. The molecule has 1 aromatic heterocycles. The number of hydrogen-bond acceptors (Lipinski definition) is 3. The van der Waals surface area contributed by atoms with Gasteiger partial charge in [0.25, 0.3) is 0 Å². The number of fused-ring (bicyclic) bond motifs is 1. The molecule has 0 fully saturated rings. The summed E-state index contributed by atoms with van der Waals surface area (Å²) in [7, 11) is 0. The van der Waals surface area contributed by atoms with Crippen LogP contribution in [0.25, 0.3) is 0 Å². The van der Waals surface area contributed by atoms with Crippen LogP contribution in [0.1, 0.15) is 47.2 Å². The summed E-state index contributed by atoms with van der Waals surface area (Å²) in [6, 6.07) is 8.51. The third-order valence-electron chi connectivity index (χ3n) is 4.17. The van der Waals surface area contributed by atoms with Gasteiger partial charge < -0.3 is 5.32 Å². The average molecular weight is 281 g/mol. The van der Waals surface area contributed by atoms with Crippen molar-refractivity contribution in [1.82, 2.24) is 15.3 Å². The van der Waals surface area contributed by atoms with E-state index < -0.39 is 0 Å². The second-order valence-electron chi connectivity index (χ2n) is 5.79. The van der Waals surface area contributed by atoms with Gasteiger partial charge in [0.1, 0.15) is 5.82 Å². The third kappa shape index (κ3) is 3.13. The summed E-state index contributed by atoms with van der Waals surface area (Å²) in [5.41, 5.74) is 6.51. The Bertz CT molecular complexity index is 634. The van der Waals surface area contributed by atoms with Crippen LogP contribution in [0.4, 0.5) is 0 Å². The average Bonchev–Trinajstić information content (AvgIpc) is 2.50. The highest BCUT2D eigenvalue weighted by atomic mass is 15.0. The molecule has 1 aliphatic heterocycles. The van der Waals surface area contributed by atoms with E-state index in [9.17, 15) is 0 Å². The molecule has 0 atom stereocenters. The molecule has 21 heavy (non-hydrogen) atoms. The predicted octanol–water partition coefficient (Wildman–Crippen LogP) is 2.97. The van der Waals surface area contributed by atoms with Crippen LogP contribution in [0.15, 0.2) is 24.3 Å². The second-order valence-corrected chi connectivity index (χ2v) is 5.79. The number of nitrogens with one attached hydrogen (secondary N) is 1. The van der Waals surface area contributed by atoms with Crippen molar-refractivity contribution < 1.29 is 0 Å². The zero-order chi connectivity index (χ0) is 14.7. The molecule has 2 heterocycles. The van der Waals surface area contributed by atoms with Crippen molar-refractivity contribution in [2.75, 3.05) is 6.54 Å². The van der Waals surface area contributed by atoms with Gasteiger partial charge in [0.2, 0.25) is 0 Å². The largest absolute Gasteiger partial charge is 0.311 e. The van der Waals surface area contributed by atoms with Gasteiger partial charge >= 0.3 is 0 Å². The third-order valence-corrected chi connectivity index (χ3v) is 4.17. The van der Waals surface area contributed by atoms with Gasteiger partial charge in [0.15, 0.2) is 0 Å². The van der Waals surface area contributed by atoms with E-state index in [0.717, 1.165) is 44.6 Å². The van der Waals surface area contributed by atoms with Crippen LogP contribution in [0.5, 0.6) is 0 Å². The maximum absolute atomic E-state index is 4.87. The van der Waals surface area contributed by atoms with E-state index in [-0.39, 0.29) is 0 Å². The summed E-state index contributed by atoms with van der Waals surface area (Å²) in [5, 5.41) is 3.42. The van der Waals surface area contributed by atoms with Gasteiger partial charge in [-0.3, -0.25) is 0 Å². The lowest BCUT2D eigenvalue weighted by atomic mass is 10.0. The monoisotopic (exact) mass is 281 g/mol. The lowest BCUT2D eigenvalue weighted by Gasteiger charge is -2.20. The van der Waals surface area contributed by atoms with Crippen molar-refractivity contribution >= 4 is 0 Å². The molecule has 0 radical (unpaired) electrons. The Hall–Kier alpha value is -1.74. The zero-order valence-corrected chi connectivity index (χ0v) is 12.9. The fourth-order valence-corrected chi connectivity index (χ4v) is 2.99. The number of benzene rings is 1. The Labute approximate surface area is 126 Å². The molecule has 3 heteroatoms. The summed E-state index contributed by atoms with van der Waals surface area (Å²) in [6.07, 6.45) is 4.10. The molecule has 0 saturated heterocycles. The standard InChI is InChI=1S/C18H23N3/c1-3-6-16-15-9-10-19-12-17(15)21-18(20-16)11-14-8-5-4-7-13(14)2/h4-5,7-8,19H,3,6,9-12H2,1-2H3. The number of aryl methyl sites for hydroxylation is 2. The van der Waals surface area contributed by atoms with E-state index in [2.05, 4.69) is 43.4 Å². The van der Waals surface area contributed by atoms with Crippen LogP contribution in [0, 0.1) is 6.92 Å². The highest BCUT2D eigenvalue weighted by Gasteiger charge is 2.17. The first kappa shape index (κ1) is 14.2. The maximum atomic E-state index is 4.87. The molecule has 1 N–H and O–H groups in total. The van der Waals surface area contributed by atoms with Crippen LogP contribution < -0.4 is 5.32 Å².